The smallest absolute Gasteiger partial charge is 0.298 e. The van der Waals surface area contributed by atoms with Gasteiger partial charge < -0.3 is 0 Å². The Morgan fingerprint density at radius 2 is 2.04 bits per heavy atom. The number of nitrogens with one attached hydrogen (secondary N) is 2. The first-order valence-corrected chi connectivity index (χ1v) is 8.56. The Bertz CT molecular complexity index is 755. The number of hydrogen-bond acceptors (Lipinski definition) is 3. The van der Waals surface area contributed by atoms with Crippen LogP contribution >= 0.6 is 11.3 Å². The molecule has 1 aromatic carbocycles. The second kappa shape index (κ2) is 6.47. The molecule has 0 fully saturated rings. The lowest BCUT2D eigenvalue weighted by Crippen LogP contribution is -2.31. The number of carbonyl (C=O) groups excluding carboxylic acids is 1. The highest BCUT2D eigenvalue weighted by molar-refractivity contribution is 7.10. The van der Waals surface area contributed by atoms with E-state index in [1.807, 2.05) is 0 Å². The van der Waals surface area contributed by atoms with Crippen LogP contribution < -0.4 is 10.9 Å². The summed E-state index contributed by atoms with van der Waals surface area (Å²) in [6, 6.07) is 5.06. The average Bonchev–Trinajstić information content (AvgIpc) is 2.95. The fraction of sp³-hybridized carbons (Fsp3) is 0.353. The molecule has 0 radical (unpaired) electrons. The van der Waals surface area contributed by atoms with E-state index in [2.05, 4.69) is 17.8 Å². The highest BCUT2D eigenvalue weighted by Gasteiger charge is 2.33. The molecule has 0 spiro atoms. The van der Waals surface area contributed by atoms with Crippen LogP contribution in [0.15, 0.2) is 29.6 Å². The Morgan fingerprint density at radius 3 is 2.79 bits per heavy atom. The van der Waals surface area contributed by atoms with Gasteiger partial charge in [0.2, 0.25) is 0 Å². The largest absolute Gasteiger partial charge is 0.418 e. The van der Waals surface area contributed by atoms with Crippen LogP contribution in [0.3, 0.4) is 0 Å². The lowest BCUT2D eigenvalue weighted by atomic mass is 9.88. The zero-order chi connectivity index (χ0) is 17.3. The highest BCUT2D eigenvalue weighted by atomic mass is 32.1. The maximum absolute atomic E-state index is 13.0. The summed E-state index contributed by atoms with van der Waals surface area (Å²) < 4.78 is 38.9. The monoisotopic (exact) mass is 354 g/mol. The third-order valence-electron chi connectivity index (χ3n) is 4.19. The topological polar surface area (TPSA) is 41.1 Å². The zero-order valence-electron chi connectivity index (χ0n) is 13.0. The lowest BCUT2D eigenvalue weighted by Gasteiger charge is -2.19. The van der Waals surface area contributed by atoms with Crippen molar-refractivity contribution in [3.63, 3.8) is 0 Å². The minimum absolute atomic E-state index is 0.170. The van der Waals surface area contributed by atoms with Crippen molar-refractivity contribution in [3.05, 3.63) is 51.2 Å². The molecule has 1 heterocycles. The van der Waals surface area contributed by atoms with Crippen LogP contribution in [0.4, 0.5) is 18.9 Å². The summed E-state index contributed by atoms with van der Waals surface area (Å²) in [6.07, 6.45) is -1.67. The van der Waals surface area contributed by atoms with E-state index in [1.165, 1.54) is 23.1 Å². The summed E-state index contributed by atoms with van der Waals surface area (Å²) in [7, 11) is 0. The SMILES string of the molecule is CC1CCc2c(C(=O)NNc3ccccc3C(F)(F)F)csc2C1. The van der Waals surface area contributed by atoms with E-state index in [4.69, 9.17) is 0 Å². The molecule has 1 atom stereocenters. The number of carbonyl (C=O) groups is 1. The van der Waals surface area contributed by atoms with Crippen molar-refractivity contribution in [1.82, 2.24) is 5.43 Å². The second-order valence-corrected chi connectivity index (χ2v) is 6.99. The standard InChI is InChI=1S/C17H17F3N2OS/c1-10-6-7-11-12(9-24-15(11)8-10)16(23)22-21-14-5-3-2-4-13(14)17(18,19)20/h2-5,9-10,21H,6-8H2,1H3,(H,22,23). The van der Waals surface area contributed by atoms with Crippen LogP contribution in [0.2, 0.25) is 0 Å². The number of benzene rings is 1. The van der Waals surface area contributed by atoms with Crippen molar-refractivity contribution in [3.8, 4) is 0 Å². The molecule has 1 unspecified atom stereocenters. The maximum Gasteiger partial charge on any atom is 0.418 e. The maximum atomic E-state index is 13.0. The average molecular weight is 354 g/mol. The van der Waals surface area contributed by atoms with E-state index in [0.717, 1.165) is 30.9 Å². The predicted molar refractivity (Wildman–Crippen MR) is 88.0 cm³/mol. The van der Waals surface area contributed by atoms with E-state index >= 15 is 0 Å². The summed E-state index contributed by atoms with van der Waals surface area (Å²) in [6.45, 7) is 2.18. The van der Waals surface area contributed by atoms with E-state index in [1.54, 1.807) is 16.7 Å². The van der Waals surface area contributed by atoms with Gasteiger partial charge in [-0.05, 0) is 42.9 Å². The van der Waals surface area contributed by atoms with Crippen LogP contribution in [0.5, 0.6) is 0 Å². The number of anilines is 1. The molecule has 7 heteroatoms. The van der Waals surface area contributed by atoms with Crippen LogP contribution in [0.1, 0.15) is 39.7 Å². The molecule has 2 N–H and O–H groups in total. The van der Waals surface area contributed by atoms with Crippen molar-refractivity contribution in [1.29, 1.82) is 0 Å². The van der Waals surface area contributed by atoms with Crippen molar-refractivity contribution < 1.29 is 18.0 Å². The Labute approximate surface area is 141 Å². The van der Waals surface area contributed by atoms with Crippen LogP contribution in [-0.4, -0.2) is 5.91 Å². The lowest BCUT2D eigenvalue weighted by molar-refractivity contribution is -0.137. The van der Waals surface area contributed by atoms with E-state index < -0.39 is 17.6 Å². The molecule has 3 nitrogen and oxygen atoms in total. The van der Waals surface area contributed by atoms with E-state index in [-0.39, 0.29) is 5.69 Å². The number of rotatable bonds is 3. The van der Waals surface area contributed by atoms with Gasteiger partial charge in [-0.1, -0.05) is 19.1 Å². The molecule has 24 heavy (non-hydrogen) atoms. The molecule has 1 aliphatic rings. The zero-order valence-corrected chi connectivity index (χ0v) is 13.9. The molecule has 0 saturated heterocycles. The minimum atomic E-state index is -4.48. The number of thiophene rings is 1. The number of alkyl halides is 3. The molecule has 3 rings (SSSR count). The molecule has 0 saturated carbocycles. The van der Waals surface area contributed by atoms with Crippen molar-refractivity contribution in [2.24, 2.45) is 5.92 Å². The van der Waals surface area contributed by atoms with Crippen LogP contribution in [0, 0.1) is 5.92 Å². The normalized spacial score (nSPS) is 17.2. The van der Waals surface area contributed by atoms with Gasteiger partial charge in [0.1, 0.15) is 0 Å². The van der Waals surface area contributed by atoms with Gasteiger partial charge in [0.15, 0.2) is 0 Å². The summed E-state index contributed by atoms with van der Waals surface area (Å²) in [5.41, 5.74) is 5.40. The highest BCUT2D eigenvalue weighted by Crippen LogP contribution is 2.35. The summed E-state index contributed by atoms with van der Waals surface area (Å²) in [5.74, 6) is 0.197. The molecule has 2 aromatic rings. The first-order valence-electron chi connectivity index (χ1n) is 7.68. The quantitative estimate of drug-likeness (QED) is 0.788. The van der Waals surface area contributed by atoms with Gasteiger partial charge in [-0.2, -0.15) is 13.2 Å². The Kier molecular flexibility index (Phi) is 4.54. The van der Waals surface area contributed by atoms with Gasteiger partial charge in [-0.15, -0.1) is 11.3 Å². The molecule has 1 amide bonds. The Balaban J connectivity index is 1.74. The minimum Gasteiger partial charge on any atom is -0.298 e. The summed E-state index contributed by atoms with van der Waals surface area (Å²) >= 11 is 1.54. The number of hydrazine groups is 1. The van der Waals surface area contributed by atoms with Gasteiger partial charge in [0.05, 0.1) is 16.8 Å². The third-order valence-corrected chi connectivity index (χ3v) is 5.24. The Hall–Kier alpha value is -2.02. The molecule has 1 aliphatic carbocycles. The molecule has 0 aliphatic heterocycles. The third kappa shape index (κ3) is 3.40. The molecule has 128 valence electrons. The van der Waals surface area contributed by atoms with Gasteiger partial charge in [0, 0.05) is 10.3 Å². The first kappa shape index (κ1) is 16.8. The summed E-state index contributed by atoms with van der Waals surface area (Å²) in [4.78, 5) is 13.5. The molecular formula is C17H17F3N2OS. The van der Waals surface area contributed by atoms with E-state index in [9.17, 15) is 18.0 Å². The van der Waals surface area contributed by atoms with Gasteiger partial charge in [0.25, 0.3) is 5.91 Å². The van der Waals surface area contributed by atoms with Gasteiger partial charge in [-0.3, -0.25) is 15.6 Å². The van der Waals surface area contributed by atoms with Crippen molar-refractivity contribution in [2.45, 2.75) is 32.4 Å². The molecule has 0 bridgehead atoms. The van der Waals surface area contributed by atoms with Crippen molar-refractivity contribution in [2.75, 3.05) is 5.43 Å². The summed E-state index contributed by atoms with van der Waals surface area (Å²) in [5, 5.41) is 1.79. The predicted octanol–water partition coefficient (Wildman–Crippen LogP) is 4.65. The number of para-hydroxylation sites is 1. The molecule has 1 aromatic heterocycles. The number of amides is 1. The fourth-order valence-corrected chi connectivity index (χ4v) is 4.14. The molecular weight excluding hydrogens is 337 g/mol. The van der Waals surface area contributed by atoms with Gasteiger partial charge in [-0.25, -0.2) is 0 Å². The first-order chi connectivity index (χ1) is 11.4. The number of halogens is 3. The Morgan fingerprint density at radius 1 is 1.29 bits per heavy atom. The van der Waals surface area contributed by atoms with Gasteiger partial charge >= 0.3 is 6.18 Å². The van der Waals surface area contributed by atoms with Crippen LogP contribution in [0.25, 0.3) is 0 Å². The van der Waals surface area contributed by atoms with Crippen molar-refractivity contribution >= 4 is 22.9 Å². The van der Waals surface area contributed by atoms with E-state index in [0.29, 0.717) is 11.5 Å². The number of fused-ring (bicyclic) bond motifs is 1. The fourth-order valence-electron chi connectivity index (χ4n) is 2.90. The second-order valence-electron chi connectivity index (χ2n) is 6.02. The number of hydrogen-bond donors (Lipinski definition) is 2. The van der Waals surface area contributed by atoms with Crippen LogP contribution in [-0.2, 0) is 19.0 Å².